The fourth-order valence-electron chi connectivity index (χ4n) is 2.76. The van der Waals surface area contributed by atoms with Crippen LogP contribution in [0.5, 0.6) is 17.2 Å². The zero-order valence-electron chi connectivity index (χ0n) is 15.7. The summed E-state index contributed by atoms with van der Waals surface area (Å²) < 4.78 is 17.2. The second kappa shape index (κ2) is 11.1. The molecule has 0 fully saturated rings. The van der Waals surface area contributed by atoms with Crippen molar-refractivity contribution < 1.29 is 31.1 Å². The smallest absolute Gasteiger partial charge is 0.203 e. The molecule has 0 aliphatic rings. The highest BCUT2D eigenvalue weighted by atomic mass is 35.5. The molecule has 0 amide bonds. The van der Waals surface area contributed by atoms with Gasteiger partial charge in [-0.25, -0.2) is 0 Å². The van der Waals surface area contributed by atoms with Crippen LogP contribution in [0.4, 0.5) is 0 Å². The van der Waals surface area contributed by atoms with Crippen LogP contribution in [0.2, 0.25) is 0 Å². The monoisotopic (exact) mass is 355 g/mol. The normalized spacial score (nSPS) is 10.2. The minimum Gasteiger partial charge on any atom is -1.00 e. The zero-order chi connectivity index (χ0) is 17.3. The van der Waals surface area contributed by atoms with E-state index >= 15 is 0 Å². The zero-order valence-corrected chi connectivity index (χ0v) is 16.5. The quantitative estimate of drug-likeness (QED) is 0.497. The van der Waals surface area contributed by atoms with E-state index in [9.17, 15) is 0 Å². The molecule has 5 heteroatoms. The fourth-order valence-corrected chi connectivity index (χ4v) is 2.76. The molecule has 1 aromatic carbocycles. The Labute approximate surface area is 153 Å². The van der Waals surface area contributed by atoms with Crippen molar-refractivity contribution >= 4 is 0 Å². The molecule has 0 aliphatic carbocycles. The maximum Gasteiger partial charge on any atom is 0.203 e. The van der Waals surface area contributed by atoms with E-state index in [1.807, 2.05) is 12.1 Å². The van der Waals surface area contributed by atoms with Crippen LogP contribution >= 0.6 is 0 Å². The molecule has 0 bridgehead atoms. The predicted molar refractivity (Wildman–Crippen MR) is 94.3 cm³/mol. The van der Waals surface area contributed by atoms with Crippen molar-refractivity contribution in [3.05, 3.63) is 17.7 Å². The lowest BCUT2D eigenvalue weighted by atomic mass is 10.1. The highest BCUT2D eigenvalue weighted by Crippen LogP contribution is 2.37. The fraction of sp³-hybridized carbons (Fsp3) is 0.579. The Morgan fingerprint density at radius 3 is 1.75 bits per heavy atom. The second-order valence-corrected chi connectivity index (χ2v) is 5.48. The molecule has 0 radical (unpaired) electrons. The van der Waals surface area contributed by atoms with Crippen LogP contribution < -0.4 is 26.6 Å². The summed E-state index contributed by atoms with van der Waals surface area (Å²) in [6.45, 7) is 11.3. The third-order valence-corrected chi connectivity index (χ3v) is 4.62. The van der Waals surface area contributed by atoms with Gasteiger partial charge in [-0.15, -0.1) is 0 Å². The predicted octanol–water partition coefficient (Wildman–Crippen LogP) is 0.335. The average Bonchev–Trinajstić information content (AvgIpc) is 2.61. The summed E-state index contributed by atoms with van der Waals surface area (Å²) in [5.74, 6) is 8.37. The van der Waals surface area contributed by atoms with E-state index in [1.54, 1.807) is 21.3 Å². The largest absolute Gasteiger partial charge is 1.00 e. The number of methoxy groups -OCH3 is 3. The van der Waals surface area contributed by atoms with Crippen molar-refractivity contribution in [3.63, 3.8) is 0 Å². The lowest BCUT2D eigenvalue weighted by Crippen LogP contribution is -3.00. The molecular formula is C19H30ClNO3. The molecule has 0 saturated carbocycles. The summed E-state index contributed by atoms with van der Waals surface area (Å²) in [4.78, 5) is 0. The molecule has 0 N–H and O–H groups in total. The van der Waals surface area contributed by atoms with E-state index in [0.717, 1.165) is 42.6 Å². The van der Waals surface area contributed by atoms with Crippen LogP contribution in [0.3, 0.4) is 0 Å². The Morgan fingerprint density at radius 2 is 1.38 bits per heavy atom. The molecular weight excluding hydrogens is 326 g/mol. The Balaban J connectivity index is 0.00000529. The molecule has 1 aromatic rings. The molecule has 0 heterocycles. The van der Waals surface area contributed by atoms with Crippen molar-refractivity contribution in [2.75, 3.05) is 47.5 Å². The third kappa shape index (κ3) is 5.51. The lowest BCUT2D eigenvalue weighted by Gasteiger charge is -2.35. The van der Waals surface area contributed by atoms with Crippen molar-refractivity contribution in [3.8, 4) is 29.1 Å². The second-order valence-electron chi connectivity index (χ2n) is 5.48. The molecule has 0 atom stereocenters. The van der Waals surface area contributed by atoms with Crippen LogP contribution in [0.15, 0.2) is 12.1 Å². The van der Waals surface area contributed by atoms with Gasteiger partial charge in [-0.3, -0.25) is 0 Å². The van der Waals surface area contributed by atoms with Crippen LogP contribution in [0, 0.1) is 11.8 Å². The first kappa shape index (κ1) is 22.4. The summed E-state index contributed by atoms with van der Waals surface area (Å²) >= 11 is 0. The number of nitrogens with zero attached hydrogens (tertiary/aromatic N) is 1. The minimum absolute atomic E-state index is 0. The van der Waals surface area contributed by atoms with Gasteiger partial charge in [-0.2, -0.15) is 0 Å². The van der Waals surface area contributed by atoms with E-state index < -0.39 is 0 Å². The van der Waals surface area contributed by atoms with E-state index in [-0.39, 0.29) is 12.4 Å². The van der Waals surface area contributed by atoms with E-state index in [2.05, 4.69) is 32.6 Å². The van der Waals surface area contributed by atoms with Gasteiger partial charge in [-0.1, -0.05) is 11.8 Å². The molecule has 24 heavy (non-hydrogen) atoms. The van der Waals surface area contributed by atoms with E-state index in [4.69, 9.17) is 14.2 Å². The van der Waals surface area contributed by atoms with Gasteiger partial charge in [0.15, 0.2) is 11.5 Å². The van der Waals surface area contributed by atoms with Crippen molar-refractivity contribution in [1.29, 1.82) is 0 Å². The molecule has 4 nitrogen and oxygen atoms in total. The van der Waals surface area contributed by atoms with Gasteiger partial charge in [0, 0.05) is 5.56 Å². The Morgan fingerprint density at radius 1 is 0.875 bits per heavy atom. The van der Waals surface area contributed by atoms with E-state index in [0.29, 0.717) is 17.2 Å². The standard InChI is InChI=1S/C19H30NO3.ClH/c1-7-20(8-2,9-3)13-11-10-12-16-14-17(21-4)19(23-6)18(15-16)22-5;/h14-15H,7-9,11,13H2,1-6H3;1H/q+1;/p-1. The minimum atomic E-state index is 0. The van der Waals surface area contributed by atoms with Gasteiger partial charge >= 0.3 is 0 Å². The summed E-state index contributed by atoms with van der Waals surface area (Å²) in [6, 6.07) is 3.77. The Kier molecular flexibility index (Phi) is 10.3. The molecule has 0 spiro atoms. The maximum absolute atomic E-state index is 5.36. The highest BCUT2D eigenvalue weighted by molar-refractivity contribution is 5.57. The number of rotatable bonds is 8. The molecule has 0 aromatic heterocycles. The first-order valence-corrected chi connectivity index (χ1v) is 8.23. The topological polar surface area (TPSA) is 27.7 Å². The summed E-state index contributed by atoms with van der Waals surface area (Å²) in [7, 11) is 4.83. The van der Waals surface area contributed by atoms with Crippen molar-refractivity contribution in [2.24, 2.45) is 0 Å². The molecule has 0 unspecified atom stereocenters. The van der Waals surface area contributed by atoms with Gasteiger partial charge in [0.05, 0.1) is 53.9 Å². The number of halogens is 1. The highest BCUT2D eigenvalue weighted by Gasteiger charge is 2.19. The number of quaternary nitrogens is 1. The van der Waals surface area contributed by atoms with Crippen LogP contribution in [-0.2, 0) is 0 Å². The van der Waals surface area contributed by atoms with Crippen LogP contribution in [0.1, 0.15) is 32.8 Å². The van der Waals surface area contributed by atoms with Gasteiger partial charge in [-0.05, 0) is 32.9 Å². The summed E-state index contributed by atoms with van der Waals surface area (Å²) in [6.07, 6.45) is 0.881. The van der Waals surface area contributed by atoms with Crippen LogP contribution in [-0.4, -0.2) is 52.0 Å². The first-order chi connectivity index (χ1) is 11.1. The van der Waals surface area contributed by atoms with Crippen molar-refractivity contribution in [1.82, 2.24) is 0 Å². The third-order valence-electron chi connectivity index (χ3n) is 4.62. The molecule has 136 valence electrons. The van der Waals surface area contributed by atoms with Gasteiger partial charge in [0.25, 0.3) is 0 Å². The van der Waals surface area contributed by atoms with E-state index in [1.165, 1.54) is 0 Å². The number of ether oxygens (including phenoxy) is 3. The van der Waals surface area contributed by atoms with Crippen molar-refractivity contribution in [2.45, 2.75) is 27.2 Å². The maximum atomic E-state index is 5.36. The summed E-state index contributed by atoms with van der Waals surface area (Å²) in [5.41, 5.74) is 0.877. The SMILES string of the molecule is CC[N+](CC)(CC)CCC#Cc1cc(OC)c(OC)c(OC)c1.[Cl-]. The molecule has 0 aliphatic heterocycles. The average molecular weight is 356 g/mol. The lowest BCUT2D eigenvalue weighted by molar-refractivity contribution is -0.922. The Bertz CT molecular complexity index is 526. The summed E-state index contributed by atoms with van der Waals surface area (Å²) in [5, 5.41) is 0. The molecule has 1 rings (SSSR count). The van der Waals surface area contributed by atoms with Crippen LogP contribution in [0.25, 0.3) is 0 Å². The number of hydrogen-bond donors (Lipinski definition) is 0. The van der Waals surface area contributed by atoms with Gasteiger partial charge < -0.3 is 31.1 Å². The number of hydrogen-bond acceptors (Lipinski definition) is 3. The first-order valence-electron chi connectivity index (χ1n) is 8.23. The Hall–Kier alpha value is -1.57. The number of benzene rings is 1. The van der Waals surface area contributed by atoms with Gasteiger partial charge in [0.1, 0.15) is 0 Å². The van der Waals surface area contributed by atoms with Gasteiger partial charge in [0.2, 0.25) is 5.75 Å². The molecule has 0 saturated heterocycles.